The lowest BCUT2D eigenvalue weighted by Crippen LogP contribution is -2.16. The Kier molecular flexibility index (Phi) is 4.62. The summed E-state index contributed by atoms with van der Waals surface area (Å²) in [6, 6.07) is 12.6. The van der Waals surface area contributed by atoms with Crippen LogP contribution in [0, 0.1) is 6.92 Å². The van der Waals surface area contributed by atoms with Crippen molar-refractivity contribution < 1.29 is 4.79 Å². The number of aromatic nitrogens is 2. The fourth-order valence-corrected chi connectivity index (χ4v) is 2.70. The minimum atomic E-state index is -0.197. The van der Waals surface area contributed by atoms with E-state index in [1.807, 2.05) is 19.1 Å². The zero-order chi connectivity index (χ0) is 17.1. The lowest BCUT2D eigenvalue weighted by Gasteiger charge is -2.08. The molecule has 24 heavy (non-hydrogen) atoms. The number of H-pyrrole nitrogens is 1. The van der Waals surface area contributed by atoms with Crippen LogP contribution in [0.3, 0.4) is 0 Å². The van der Waals surface area contributed by atoms with E-state index >= 15 is 0 Å². The van der Waals surface area contributed by atoms with Crippen LogP contribution in [0.5, 0.6) is 0 Å². The van der Waals surface area contributed by atoms with Gasteiger partial charge in [-0.2, -0.15) is 0 Å². The quantitative estimate of drug-likeness (QED) is 0.763. The summed E-state index contributed by atoms with van der Waals surface area (Å²) in [5.41, 5.74) is 2.03. The minimum absolute atomic E-state index is 0.184. The van der Waals surface area contributed by atoms with E-state index in [9.17, 15) is 9.59 Å². The van der Waals surface area contributed by atoms with Gasteiger partial charge in [0.1, 0.15) is 5.82 Å². The molecule has 0 fully saturated rings. The van der Waals surface area contributed by atoms with E-state index in [2.05, 4.69) is 15.3 Å². The molecule has 1 aromatic heterocycles. The standard InChI is InChI=1S/C18H16ClN3O2/c1-11-6-7-15(13(19)10-11)21-17(23)9-8-16-20-14-5-3-2-4-12(14)18(24)22-16/h2-7,10H,8-9H2,1H3,(H,21,23)(H,20,22,24). The van der Waals surface area contributed by atoms with Gasteiger partial charge in [0.25, 0.3) is 5.56 Å². The molecule has 122 valence electrons. The number of benzene rings is 2. The largest absolute Gasteiger partial charge is 0.325 e. The molecule has 0 bridgehead atoms. The van der Waals surface area contributed by atoms with Crippen molar-refractivity contribution in [2.24, 2.45) is 0 Å². The van der Waals surface area contributed by atoms with Crippen molar-refractivity contribution in [2.75, 3.05) is 5.32 Å². The van der Waals surface area contributed by atoms with E-state index in [4.69, 9.17) is 11.6 Å². The molecular weight excluding hydrogens is 326 g/mol. The van der Waals surface area contributed by atoms with Gasteiger partial charge < -0.3 is 10.3 Å². The molecule has 0 unspecified atom stereocenters. The van der Waals surface area contributed by atoms with E-state index < -0.39 is 0 Å². The van der Waals surface area contributed by atoms with Gasteiger partial charge in [0.05, 0.1) is 21.6 Å². The number of fused-ring (bicyclic) bond motifs is 1. The average Bonchev–Trinajstić information content (AvgIpc) is 2.56. The Morgan fingerprint density at radius 2 is 2.04 bits per heavy atom. The Morgan fingerprint density at radius 3 is 2.83 bits per heavy atom. The first-order valence-corrected chi connectivity index (χ1v) is 7.94. The van der Waals surface area contributed by atoms with E-state index in [1.165, 1.54) is 0 Å². The predicted octanol–water partition coefficient (Wildman–Crippen LogP) is 3.46. The average molecular weight is 342 g/mol. The van der Waals surface area contributed by atoms with Gasteiger partial charge in [-0.05, 0) is 36.8 Å². The number of para-hydroxylation sites is 1. The number of nitrogens with one attached hydrogen (secondary N) is 2. The smallest absolute Gasteiger partial charge is 0.258 e. The molecule has 0 aliphatic rings. The van der Waals surface area contributed by atoms with E-state index in [0.29, 0.717) is 33.9 Å². The van der Waals surface area contributed by atoms with Gasteiger partial charge in [0.2, 0.25) is 5.91 Å². The van der Waals surface area contributed by atoms with Gasteiger partial charge in [0, 0.05) is 12.8 Å². The molecule has 0 aliphatic carbocycles. The van der Waals surface area contributed by atoms with Crippen LogP contribution in [0.4, 0.5) is 5.69 Å². The highest BCUT2D eigenvalue weighted by atomic mass is 35.5. The maximum atomic E-state index is 12.1. The number of rotatable bonds is 4. The number of hydrogen-bond donors (Lipinski definition) is 2. The summed E-state index contributed by atoms with van der Waals surface area (Å²) in [6.07, 6.45) is 0.543. The fraction of sp³-hybridized carbons (Fsp3) is 0.167. The predicted molar refractivity (Wildman–Crippen MR) is 95.5 cm³/mol. The van der Waals surface area contributed by atoms with Crippen LogP contribution in [0.15, 0.2) is 47.3 Å². The number of halogens is 1. The lowest BCUT2D eigenvalue weighted by atomic mass is 10.2. The molecule has 0 saturated heterocycles. The zero-order valence-electron chi connectivity index (χ0n) is 13.1. The number of carbonyl (C=O) groups excluding carboxylic acids is 1. The monoisotopic (exact) mass is 341 g/mol. The fourth-order valence-electron chi connectivity index (χ4n) is 2.42. The molecule has 1 heterocycles. The first-order chi connectivity index (χ1) is 11.5. The van der Waals surface area contributed by atoms with E-state index in [0.717, 1.165) is 5.56 Å². The maximum absolute atomic E-state index is 12.1. The van der Waals surface area contributed by atoms with Crippen molar-refractivity contribution >= 4 is 34.1 Å². The Hall–Kier alpha value is -2.66. The number of hydrogen-bond acceptors (Lipinski definition) is 3. The molecule has 1 amide bonds. The third-order valence-electron chi connectivity index (χ3n) is 3.65. The Balaban J connectivity index is 1.69. The van der Waals surface area contributed by atoms with Crippen LogP contribution >= 0.6 is 11.6 Å². The number of amides is 1. The third-order valence-corrected chi connectivity index (χ3v) is 3.96. The highest BCUT2D eigenvalue weighted by Crippen LogP contribution is 2.22. The van der Waals surface area contributed by atoms with Gasteiger partial charge in [-0.1, -0.05) is 29.8 Å². The summed E-state index contributed by atoms with van der Waals surface area (Å²) in [4.78, 5) is 31.2. The number of aromatic amines is 1. The first kappa shape index (κ1) is 16.2. The molecule has 2 aromatic carbocycles. The van der Waals surface area contributed by atoms with Gasteiger partial charge >= 0.3 is 0 Å². The first-order valence-electron chi connectivity index (χ1n) is 7.57. The van der Waals surface area contributed by atoms with Crippen LogP contribution in [0.2, 0.25) is 5.02 Å². The number of carbonyl (C=O) groups is 1. The van der Waals surface area contributed by atoms with Crippen molar-refractivity contribution in [3.8, 4) is 0 Å². The maximum Gasteiger partial charge on any atom is 0.258 e. The van der Waals surface area contributed by atoms with Gasteiger partial charge in [0.15, 0.2) is 0 Å². The van der Waals surface area contributed by atoms with Crippen molar-refractivity contribution in [1.82, 2.24) is 9.97 Å². The molecule has 0 saturated carbocycles. The summed E-state index contributed by atoms with van der Waals surface area (Å²) in [5.74, 6) is 0.306. The van der Waals surface area contributed by atoms with Crippen LogP contribution in [0.25, 0.3) is 10.9 Å². The Labute approximate surface area is 143 Å². The van der Waals surface area contributed by atoms with Crippen molar-refractivity contribution in [3.63, 3.8) is 0 Å². The molecule has 3 aromatic rings. The molecule has 0 aliphatic heterocycles. The highest BCUT2D eigenvalue weighted by Gasteiger charge is 2.09. The van der Waals surface area contributed by atoms with Crippen LogP contribution in [0.1, 0.15) is 17.8 Å². The summed E-state index contributed by atoms with van der Waals surface area (Å²) >= 11 is 6.10. The molecule has 0 spiro atoms. The Morgan fingerprint density at radius 1 is 1.25 bits per heavy atom. The second-order valence-corrected chi connectivity index (χ2v) is 5.97. The third kappa shape index (κ3) is 3.63. The second-order valence-electron chi connectivity index (χ2n) is 5.56. The molecule has 2 N–H and O–H groups in total. The molecule has 0 atom stereocenters. The topological polar surface area (TPSA) is 74.8 Å². The van der Waals surface area contributed by atoms with Gasteiger partial charge in [-0.3, -0.25) is 9.59 Å². The normalized spacial score (nSPS) is 10.8. The van der Waals surface area contributed by atoms with E-state index in [1.54, 1.807) is 30.3 Å². The van der Waals surface area contributed by atoms with Crippen molar-refractivity contribution in [2.45, 2.75) is 19.8 Å². The van der Waals surface area contributed by atoms with Crippen LogP contribution in [-0.4, -0.2) is 15.9 Å². The van der Waals surface area contributed by atoms with Gasteiger partial charge in [-0.15, -0.1) is 0 Å². The van der Waals surface area contributed by atoms with Crippen LogP contribution < -0.4 is 10.9 Å². The highest BCUT2D eigenvalue weighted by molar-refractivity contribution is 6.33. The summed E-state index contributed by atoms with van der Waals surface area (Å²) < 4.78 is 0. The molecule has 6 heteroatoms. The number of aryl methyl sites for hydroxylation is 2. The Bertz CT molecular complexity index is 966. The van der Waals surface area contributed by atoms with E-state index in [-0.39, 0.29) is 17.9 Å². The zero-order valence-corrected chi connectivity index (χ0v) is 13.9. The summed E-state index contributed by atoms with van der Waals surface area (Å²) in [7, 11) is 0. The van der Waals surface area contributed by atoms with Crippen LogP contribution in [-0.2, 0) is 11.2 Å². The molecule has 5 nitrogen and oxygen atoms in total. The molecule has 0 radical (unpaired) electrons. The number of nitrogens with zero attached hydrogens (tertiary/aromatic N) is 1. The van der Waals surface area contributed by atoms with Crippen molar-refractivity contribution in [1.29, 1.82) is 0 Å². The lowest BCUT2D eigenvalue weighted by molar-refractivity contribution is -0.116. The molecule has 3 rings (SSSR count). The SMILES string of the molecule is Cc1ccc(NC(=O)CCc2nc3ccccc3c(=O)[nH]2)c(Cl)c1. The van der Waals surface area contributed by atoms with Gasteiger partial charge in [-0.25, -0.2) is 4.98 Å². The molecular formula is C18H16ClN3O2. The van der Waals surface area contributed by atoms with Crippen molar-refractivity contribution in [3.05, 3.63) is 69.2 Å². The summed E-state index contributed by atoms with van der Waals surface area (Å²) in [6.45, 7) is 1.93. The minimum Gasteiger partial charge on any atom is -0.325 e. The summed E-state index contributed by atoms with van der Waals surface area (Å²) in [5, 5.41) is 3.81. The second kappa shape index (κ2) is 6.84. The number of anilines is 1.